The van der Waals surface area contributed by atoms with Gasteiger partial charge in [-0.15, -0.1) is 0 Å². The van der Waals surface area contributed by atoms with Crippen LogP contribution in [0.3, 0.4) is 0 Å². The van der Waals surface area contributed by atoms with Crippen molar-refractivity contribution in [2.75, 3.05) is 39.3 Å². The molecule has 2 unspecified atom stereocenters. The van der Waals surface area contributed by atoms with Gasteiger partial charge in [0.05, 0.1) is 11.0 Å². The van der Waals surface area contributed by atoms with Crippen molar-refractivity contribution in [3.05, 3.63) is 29.8 Å². The Bertz CT molecular complexity index is 970. The number of piperazine rings is 1. The number of unbranched alkanes of at least 4 members (excludes halogenated alkanes) is 1. The number of piperidine rings is 1. The standard InChI is InChI=1S/C24H32N4O4S/c29-18-7-8-24(15-18)16-21(30)28(22(31)17-24)10-4-3-9-26-11-13-27(14-12-26)23-19-5-1-2-6-20(19)33(32)25-23/h1-2,5-6,18,29H,3-4,7-17H2. The lowest BCUT2D eigenvalue weighted by Crippen LogP contribution is -2.49. The van der Waals surface area contributed by atoms with E-state index in [0.717, 1.165) is 68.3 Å². The highest BCUT2D eigenvalue weighted by molar-refractivity contribution is 7.84. The van der Waals surface area contributed by atoms with Crippen LogP contribution >= 0.6 is 0 Å². The van der Waals surface area contributed by atoms with Gasteiger partial charge in [0.2, 0.25) is 11.8 Å². The van der Waals surface area contributed by atoms with Crippen molar-refractivity contribution in [3.63, 3.8) is 0 Å². The van der Waals surface area contributed by atoms with E-state index in [0.29, 0.717) is 32.2 Å². The Labute approximate surface area is 197 Å². The van der Waals surface area contributed by atoms with Crippen LogP contribution < -0.4 is 0 Å². The summed E-state index contributed by atoms with van der Waals surface area (Å²) in [6.45, 7) is 4.97. The second-order valence-corrected chi connectivity index (χ2v) is 11.0. The Balaban J connectivity index is 1.05. The van der Waals surface area contributed by atoms with Gasteiger partial charge in [-0.05, 0) is 56.2 Å². The first-order valence-corrected chi connectivity index (χ1v) is 13.1. The first-order chi connectivity index (χ1) is 15.9. The number of likely N-dealkylation sites (tertiary alicyclic amines) is 1. The molecular weight excluding hydrogens is 440 g/mol. The van der Waals surface area contributed by atoms with Crippen LogP contribution in [0.25, 0.3) is 0 Å². The number of amidine groups is 1. The van der Waals surface area contributed by atoms with Crippen molar-refractivity contribution in [1.29, 1.82) is 0 Å². The summed E-state index contributed by atoms with van der Waals surface area (Å²) in [5, 5.41) is 9.85. The number of amides is 2. The van der Waals surface area contributed by atoms with Crippen molar-refractivity contribution in [2.45, 2.75) is 55.9 Å². The average molecular weight is 473 g/mol. The van der Waals surface area contributed by atoms with Gasteiger partial charge in [-0.2, -0.15) is 4.40 Å². The highest BCUT2D eigenvalue weighted by Crippen LogP contribution is 2.47. The van der Waals surface area contributed by atoms with E-state index in [1.165, 1.54) is 4.90 Å². The summed E-state index contributed by atoms with van der Waals surface area (Å²) >= 11 is 0. The molecule has 3 fully saturated rings. The molecule has 3 heterocycles. The third kappa shape index (κ3) is 4.63. The molecule has 178 valence electrons. The van der Waals surface area contributed by atoms with Gasteiger partial charge in [0, 0.05) is 51.1 Å². The largest absolute Gasteiger partial charge is 0.393 e. The Kier molecular flexibility index (Phi) is 6.37. The van der Waals surface area contributed by atoms with E-state index in [4.69, 9.17) is 0 Å². The second-order valence-electron chi connectivity index (χ2n) is 9.89. The Hall–Kier alpha value is -2.10. The van der Waals surface area contributed by atoms with Gasteiger partial charge in [0.25, 0.3) is 0 Å². The van der Waals surface area contributed by atoms with Crippen LogP contribution in [0.5, 0.6) is 0 Å². The SMILES string of the molecule is O=C1CC2(CCC(O)C2)CC(=O)N1CCCCN1CCN(C2=NS(=O)c3ccccc32)CC1. The van der Waals surface area contributed by atoms with E-state index in [1.54, 1.807) is 0 Å². The molecule has 3 aliphatic heterocycles. The smallest absolute Gasteiger partial charge is 0.229 e. The lowest BCUT2D eigenvalue weighted by molar-refractivity contribution is -0.153. The van der Waals surface area contributed by atoms with Gasteiger partial charge in [0.1, 0.15) is 5.84 Å². The number of hydrogen-bond acceptors (Lipinski definition) is 6. The van der Waals surface area contributed by atoms with Crippen molar-refractivity contribution in [1.82, 2.24) is 14.7 Å². The molecule has 33 heavy (non-hydrogen) atoms. The maximum absolute atomic E-state index is 12.6. The first kappa shape index (κ1) is 22.7. The predicted octanol–water partition coefficient (Wildman–Crippen LogP) is 1.55. The van der Waals surface area contributed by atoms with E-state index in [9.17, 15) is 18.9 Å². The Morgan fingerprint density at radius 3 is 2.42 bits per heavy atom. The zero-order valence-electron chi connectivity index (χ0n) is 18.9. The number of carbonyl (C=O) groups excluding carboxylic acids is 2. The summed E-state index contributed by atoms with van der Waals surface area (Å²) < 4.78 is 16.6. The van der Waals surface area contributed by atoms with Crippen LogP contribution in [0.2, 0.25) is 0 Å². The highest BCUT2D eigenvalue weighted by atomic mass is 32.2. The molecule has 0 radical (unpaired) electrons. The lowest BCUT2D eigenvalue weighted by Gasteiger charge is -2.37. The molecule has 0 bridgehead atoms. The minimum atomic E-state index is -1.30. The molecule has 8 nitrogen and oxygen atoms in total. The molecule has 1 spiro atoms. The van der Waals surface area contributed by atoms with Gasteiger partial charge in [0.15, 0.2) is 11.0 Å². The zero-order valence-corrected chi connectivity index (χ0v) is 19.8. The molecule has 2 atom stereocenters. The minimum absolute atomic E-state index is 0.0658. The van der Waals surface area contributed by atoms with Gasteiger partial charge in [-0.25, -0.2) is 4.21 Å². The van der Waals surface area contributed by atoms with Gasteiger partial charge in [-0.1, -0.05) is 12.1 Å². The van der Waals surface area contributed by atoms with Crippen LogP contribution in [0.4, 0.5) is 0 Å². The van der Waals surface area contributed by atoms with Crippen LogP contribution in [0, 0.1) is 5.41 Å². The molecule has 0 aromatic heterocycles. The number of aliphatic hydroxyl groups is 1. The lowest BCUT2D eigenvalue weighted by atomic mass is 9.76. The first-order valence-electron chi connectivity index (χ1n) is 12.0. The number of aliphatic hydroxyl groups excluding tert-OH is 1. The summed E-state index contributed by atoms with van der Waals surface area (Å²) in [4.78, 5) is 32.1. The predicted molar refractivity (Wildman–Crippen MR) is 125 cm³/mol. The van der Waals surface area contributed by atoms with E-state index >= 15 is 0 Å². The molecule has 2 saturated heterocycles. The Morgan fingerprint density at radius 1 is 1.03 bits per heavy atom. The monoisotopic (exact) mass is 472 g/mol. The maximum atomic E-state index is 12.6. The normalized spacial score (nSPS) is 27.4. The van der Waals surface area contributed by atoms with Crippen LogP contribution in [0.15, 0.2) is 33.6 Å². The maximum Gasteiger partial charge on any atom is 0.229 e. The molecule has 1 aliphatic carbocycles. The summed E-state index contributed by atoms with van der Waals surface area (Å²) in [6.07, 6.45) is 4.24. The second kappa shape index (κ2) is 9.27. The highest BCUT2D eigenvalue weighted by Gasteiger charge is 2.47. The van der Waals surface area contributed by atoms with Crippen LogP contribution in [0.1, 0.15) is 50.5 Å². The number of hydrogen-bond donors (Lipinski definition) is 1. The topological polar surface area (TPSA) is 93.5 Å². The van der Waals surface area contributed by atoms with Gasteiger partial charge < -0.3 is 10.0 Å². The van der Waals surface area contributed by atoms with Crippen molar-refractivity contribution < 1.29 is 18.9 Å². The minimum Gasteiger partial charge on any atom is -0.393 e. The van der Waals surface area contributed by atoms with E-state index in [-0.39, 0.29) is 23.3 Å². The van der Waals surface area contributed by atoms with Crippen molar-refractivity contribution in [2.24, 2.45) is 9.81 Å². The molecule has 1 saturated carbocycles. The number of rotatable bonds is 5. The molecule has 4 aliphatic rings. The van der Waals surface area contributed by atoms with Crippen molar-refractivity contribution >= 4 is 28.6 Å². The molecule has 1 aromatic rings. The van der Waals surface area contributed by atoms with Gasteiger partial charge >= 0.3 is 0 Å². The molecule has 1 N–H and O–H groups in total. The fourth-order valence-corrected chi connectivity index (χ4v) is 6.79. The van der Waals surface area contributed by atoms with Crippen LogP contribution in [-0.2, 0) is 20.6 Å². The van der Waals surface area contributed by atoms with Crippen molar-refractivity contribution in [3.8, 4) is 0 Å². The molecule has 5 rings (SSSR count). The van der Waals surface area contributed by atoms with E-state index in [2.05, 4.69) is 14.2 Å². The quantitative estimate of drug-likeness (QED) is 0.516. The average Bonchev–Trinajstić information content (AvgIpc) is 3.32. The number of imide groups is 1. The number of nitrogens with zero attached hydrogens (tertiary/aromatic N) is 4. The molecular formula is C24H32N4O4S. The number of carbonyl (C=O) groups is 2. The summed E-state index contributed by atoms with van der Waals surface area (Å²) in [7, 11) is -1.30. The fourth-order valence-electron chi connectivity index (χ4n) is 5.78. The molecule has 1 aromatic carbocycles. The van der Waals surface area contributed by atoms with Gasteiger partial charge in [-0.3, -0.25) is 19.4 Å². The summed E-state index contributed by atoms with van der Waals surface area (Å²) in [5.74, 6) is 0.714. The molecule has 2 amide bonds. The third-order valence-electron chi connectivity index (χ3n) is 7.59. The Morgan fingerprint density at radius 2 is 1.73 bits per heavy atom. The summed E-state index contributed by atoms with van der Waals surface area (Å²) in [5.41, 5.74) is 0.689. The van der Waals surface area contributed by atoms with Crippen LogP contribution in [-0.4, -0.2) is 87.0 Å². The number of benzene rings is 1. The molecule has 9 heteroatoms. The van der Waals surface area contributed by atoms with E-state index < -0.39 is 11.0 Å². The zero-order chi connectivity index (χ0) is 23.0. The third-order valence-corrected chi connectivity index (χ3v) is 8.67. The van der Waals surface area contributed by atoms with E-state index in [1.807, 2.05) is 24.3 Å². The summed E-state index contributed by atoms with van der Waals surface area (Å²) in [6, 6.07) is 7.73. The fraction of sp³-hybridized carbons (Fsp3) is 0.625. The number of fused-ring (bicyclic) bond motifs is 1.